The maximum atomic E-state index is 10.9. The van der Waals surface area contributed by atoms with Crippen molar-refractivity contribution in [2.45, 2.75) is 17.7 Å². The van der Waals surface area contributed by atoms with E-state index in [-0.39, 0.29) is 5.97 Å². The molecule has 0 saturated carbocycles. The van der Waals surface area contributed by atoms with Crippen LogP contribution in [0.25, 0.3) is 0 Å². The van der Waals surface area contributed by atoms with Gasteiger partial charge in [0, 0.05) is 17.6 Å². The van der Waals surface area contributed by atoms with Crippen LogP contribution >= 0.6 is 11.8 Å². The van der Waals surface area contributed by atoms with Gasteiger partial charge in [-0.2, -0.15) is 11.8 Å². The maximum Gasteiger partial charge on any atom is 0.323 e. The summed E-state index contributed by atoms with van der Waals surface area (Å²) in [6, 6.07) is -0.504. The van der Waals surface area contributed by atoms with Crippen molar-refractivity contribution >= 4 is 17.7 Å². The van der Waals surface area contributed by atoms with Crippen molar-refractivity contribution in [2.24, 2.45) is 5.73 Å². The van der Waals surface area contributed by atoms with Gasteiger partial charge in [-0.15, -0.1) is 0 Å². The van der Waals surface area contributed by atoms with Crippen LogP contribution in [0.2, 0.25) is 0 Å². The highest BCUT2D eigenvalue weighted by Gasteiger charge is 2.20. The number of nitrogens with two attached hydrogens (primary N) is 1. The molecule has 1 aliphatic rings. The number of methoxy groups -OCH3 is 1. The van der Waals surface area contributed by atoms with Gasteiger partial charge in [-0.1, -0.05) is 0 Å². The van der Waals surface area contributed by atoms with Crippen LogP contribution in [0.5, 0.6) is 0 Å². The standard InChI is InChI=1S/C8H15NO3S/c1-11-8(10)7(9)5-13-6-2-3-12-4-6/h6-7H,2-5,9H2,1H3/t6?,7-/m0/s1. The number of hydrogen-bond acceptors (Lipinski definition) is 5. The average Bonchev–Trinajstić information content (AvgIpc) is 2.65. The van der Waals surface area contributed by atoms with Crippen LogP contribution in [0.1, 0.15) is 6.42 Å². The number of hydrogen-bond donors (Lipinski definition) is 1. The topological polar surface area (TPSA) is 61.5 Å². The third kappa shape index (κ3) is 3.54. The molecule has 2 atom stereocenters. The summed E-state index contributed by atoms with van der Waals surface area (Å²) >= 11 is 1.68. The molecule has 0 aliphatic carbocycles. The summed E-state index contributed by atoms with van der Waals surface area (Å²) in [4.78, 5) is 10.9. The first kappa shape index (κ1) is 10.8. The Kier molecular flexibility index (Phi) is 4.55. The highest BCUT2D eigenvalue weighted by Crippen LogP contribution is 2.20. The van der Waals surface area contributed by atoms with E-state index in [4.69, 9.17) is 10.5 Å². The van der Waals surface area contributed by atoms with E-state index in [0.717, 1.165) is 19.6 Å². The lowest BCUT2D eigenvalue weighted by molar-refractivity contribution is -0.141. The number of rotatable bonds is 4. The van der Waals surface area contributed by atoms with Crippen LogP contribution < -0.4 is 5.73 Å². The normalized spacial score (nSPS) is 24.3. The molecule has 4 nitrogen and oxygen atoms in total. The highest BCUT2D eigenvalue weighted by atomic mass is 32.2. The molecule has 1 fully saturated rings. The lowest BCUT2D eigenvalue weighted by Crippen LogP contribution is -2.34. The van der Waals surface area contributed by atoms with Gasteiger partial charge < -0.3 is 15.2 Å². The van der Waals surface area contributed by atoms with Crippen molar-refractivity contribution in [1.82, 2.24) is 0 Å². The Labute approximate surface area is 82.1 Å². The molecule has 2 N–H and O–H groups in total. The van der Waals surface area contributed by atoms with Crippen molar-refractivity contribution in [3.8, 4) is 0 Å². The quantitative estimate of drug-likeness (QED) is 0.655. The van der Waals surface area contributed by atoms with Crippen molar-refractivity contribution in [3.63, 3.8) is 0 Å². The number of carbonyl (C=O) groups excluding carboxylic acids is 1. The van der Waals surface area contributed by atoms with Gasteiger partial charge in [-0.25, -0.2) is 0 Å². The van der Waals surface area contributed by atoms with E-state index in [1.807, 2.05) is 0 Å². The summed E-state index contributed by atoms with van der Waals surface area (Å²) in [5.74, 6) is 0.271. The molecule has 76 valence electrons. The van der Waals surface area contributed by atoms with E-state index in [9.17, 15) is 4.79 Å². The molecule has 0 radical (unpaired) electrons. The van der Waals surface area contributed by atoms with Crippen LogP contribution in [-0.2, 0) is 14.3 Å². The second-order valence-electron chi connectivity index (χ2n) is 2.95. The summed E-state index contributed by atoms with van der Waals surface area (Å²) in [6.07, 6.45) is 1.05. The molecule has 0 aromatic carbocycles. The van der Waals surface area contributed by atoms with Crippen molar-refractivity contribution in [1.29, 1.82) is 0 Å². The molecule has 5 heteroatoms. The summed E-state index contributed by atoms with van der Waals surface area (Å²) < 4.78 is 9.72. The second kappa shape index (κ2) is 5.47. The Morgan fingerprint density at radius 2 is 2.62 bits per heavy atom. The zero-order chi connectivity index (χ0) is 9.68. The van der Waals surface area contributed by atoms with Gasteiger partial charge in [-0.3, -0.25) is 4.79 Å². The molecular formula is C8H15NO3S. The third-order valence-electron chi connectivity index (χ3n) is 1.90. The van der Waals surface area contributed by atoms with E-state index in [2.05, 4.69) is 4.74 Å². The molecule has 13 heavy (non-hydrogen) atoms. The van der Waals surface area contributed by atoms with E-state index < -0.39 is 6.04 Å². The lowest BCUT2D eigenvalue weighted by atomic mass is 10.4. The van der Waals surface area contributed by atoms with E-state index in [1.54, 1.807) is 11.8 Å². The zero-order valence-electron chi connectivity index (χ0n) is 7.69. The van der Waals surface area contributed by atoms with Crippen molar-refractivity contribution < 1.29 is 14.3 Å². The van der Waals surface area contributed by atoms with Gasteiger partial charge in [-0.05, 0) is 6.42 Å². The van der Waals surface area contributed by atoms with Crippen LogP contribution in [0, 0.1) is 0 Å². The molecule has 1 heterocycles. The Balaban J connectivity index is 2.13. The number of ether oxygens (including phenoxy) is 2. The van der Waals surface area contributed by atoms with Gasteiger partial charge in [0.1, 0.15) is 6.04 Å². The van der Waals surface area contributed by atoms with Crippen LogP contribution in [0.4, 0.5) is 0 Å². The molecular weight excluding hydrogens is 190 g/mol. The fraction of sp³-hybridized carbons (Fsp3) is 0.875. The first-order valence-corrected chi connectivity index (χ1v) is 5.31. The van der Waals surface area contributed by atoms with Gasteiger partial charge in [0.05, 0.1) is 13.7 Å². The average molecular weight is 205 g/mol. The molecule has 1 rings (SSSR count). The molecule has 1 aliphatic heterocycles. The Bertz CT molecular complexity index is 171. The summed E-state index contributed by atoms with van der Waals surface area (Å²) in [7, 11) is 1.35. The minimum atomic E-state index is -0.504. The van der Waals surface area contributed by atoms with Gasteiger partial charge in [0.25, 0.3) is 0 Å². The van der Waals surface area contributed by atoms with Gasteiger partial charge in [0.2, 0.25) is 0 Å². The predicted octanol–water partition coefficient (Wildman–Crippen LogP) is 0.00880. The zero-order valence-corrected chi connectivity index (χ0v) is 8.51. The SMILES string of the molecule is COC(=O)[C@@H](N)CSC1CCOC1. The van der Waals surface area contributed by atoms with E-state index >= 15 is 0 Å². The first-order valence-electron chi connectivity index (χ1n) is 4.26. The third-order valence-corrected chi connectivity index (χ3v) is 3.30. The smallest absolute Gasteiger partial charge is 0.323 e. The molecule has 0 aromatic rings. The molecule has 1 unspecified atom stereocenters. The number of esters is 1. The van der Waals surface area contributed by atoms with Crippen LogP contribution in [0.15, 0.2) is 0 Å². The molecule has 0 aromatic heterocycles. The van der Waals surface area contributed by atoms with Crippen molar-refractivity contribution in [2.75, 3.05) is 26.1 Å². The molecule has 0 bridgehead atoms. The fourth-order valence-corrected chi connectivity index (χ4v) is 2.17. The molecule has 1 saturated heterocycles. The largest absolute Gasteiger partial charge is 0.468 e. The van der Waals surface area contributed by atoms with Gasteiger partial charge in [0.15, 0.2) is 0 Å². The predicted molar refractivity (Wildman–Crippen MR) is 51.7 cm³/mol. The Hall–Kier alpha value is -0.260. The number of carbonyl (C=O) groups is 1. The highest BCUT2D eigenvalue weighted by molar-refractivity contribution is 8.00. The van der Waals surface area contributed by atoms with E-state index in [1.165, 1.54) is 7.11 Å². The summed E-state index contributed by atoms with van der Waals surface area (Å²) in [5.41, 5.74) is 5.57. The van der Waals surface area contributed by atoms with Crippen molar-refractivity contribution in [3.05, 3.63) is 0 Å². The minimum absolute atomic E-state index is 0.341. The van der Waals surface area contributed by atoms with Crippen LogP contribution in [-0.4, -0.2) is 43.3 Å². The maximum absolute atomic E-state index is 10.9. The van der Waals surface area contributed by atoms with Gasteiger partial charge >= 0.3 is 5.97 Å². The van der Waals surface area contributed by atoms with Crippen LogP contribution in [0.3, 0.4) is 0 Å². The fourth-order valence-electron chi connectivity index (χ4n) is 1.10. The monoisotopic (exact) mass is 205 g/mol. The molecule has 0 amide bonds. The Morgan fingerprint density at radius 1 is 1.85 bits per heavy atom. The number of thioether (sulfide) groups is 1. The lowest BCUT2D eigenvalue weighted by Gasteiger charge is -2.11. The second-order valence-corrected chi connectivity index (χ2v) is 4.28. The first-order chi connectivity index (χ1) is 6.24. The summed E-state index contributed by atoms with van der Waals surface area (Å²) in [5, 5.41) is 0.496. The summed E-state index contributed by atoms with van der Waals surface area (Å²) in [6.45, 7) is 1.60. The molecule has 0 spiro atoms. The minimum Gasteiger partial charge on any atom is -0.468 e. The Morgan fingerprint density at radius 3 is 3.15 bits per heavy atom. The van der Waals surface area contributed by atoms with E-state index in [0.29, 0.717) is 11.0 Å².